The fraction of sp³-hybridized carbons (Fsp3) is 0.118. The molecule has 0 saturated carbocycles. The number of carbonyl (C=O) groups is 5. The van der Waals surface area contributed by atoms with Gasteiger partial charge in [-0.1, -0.05) is 42.5 Å². The number of carbonyl (C=O) groups excluding carboxylic acids is 1. The number of hydrogen-bond acceptors (Lipinski definition) is 5. The molecule has 0 unspecified atom stereocenters. The van der Waals surface area contributed by atoms with E-state index in [1.54, 1.807) is 6.07 Å². The van der Waals surface area contributed by atoms with E-state index in [1.165, 1.54) is 24.3 Å². The van der Waals surface area contributed by atoms with E-state index in [0.29, 0.717) is 12.2 Å². The molecular weight excluding hydrogens is 348 g/mol. The molecule has 0 amide bonds. The van der Waals surface area contributed by atoms with Crippen molar-refractivity contribution in [2.75, 3.05) is 0 Å². The van der Waals surface area contributed by atoms with Gasteiger partial charge in [-0.3, -0.25) is 24.0 Å². The number of benzene rings is 1. The first-order chi connectivity index (χ1) is 12.1. The number of ketones is 1. The number of allylic oxidation sites excluding steroid dienone is 2. The molecule has 0 bridgehead atoms. The molecule has 4 N–H and O–H groups in total. The standard InChI is InChI=1S/C17H12O9/c18-11(9-4-2-1-3-5-9)10-6-7-16(12(19)20,13(21)22)17(8-10,14(23)24)15(25)26/h1-8H,(H,19,20)(H,21,22)(H,23,24)(H,25,26). The summed E-state index contributed by atoms with van der Waals surface area (Å²) in [5, 5.41) is 37.7. The molecule has 9 nitrogen and oxygen atoms in total. The van der Waals surface area contributed by atoms with Gasteiger partial charge in [-0.2, -0.15) is 0 Å². The molecule has 0 saturated heterocycles. The molecular formula is C17H12O9. The van der Waals surface area contributed by atoms with Gasteiger partial charge >= 0.3 is 23.9 Å². The summed E-state index contributed by atoms with van der Waals surface area (Å²) < 4.78 is 0. The van der Waals surface area contributed by atoms with Crippen LogP contribution in [0.1, 0.15) is 10.4 Å². The Bertz CT molecular complexity index is 849. The van der Waals surface area contributed by atoms with Crippen LogP contribution >= 0.6 is 0 Å². The molecule has 9 heteroatoms. The predicted octanol–water partition coefficient (Wildman–Crippen LogP) is 0.677. The highest BCUT2D eigenvalue weighted by Gasteiger charge is 2.70. The van der Waals surface area contributed by atoms with Crippen LogP contribution in [0.15, 0.2) is 54.1 Å². The first kappa shape index (κ1) is 18.6. The van der Waals surface area contributed by atoms with Gasteiger partial charge in [0.05, 0.1) is 0 Å². The molecule has 0 spiro atoms. The third-order valence-corrected chi connectivity index (χ3v) is 4.15. The first-order valence-corrected chi connectivity index (χ1v) is 7.06. The SMILES string of the molecule is O=C(C1=CC(C(=O)O)(C(=O)O)C(C(=O)O)(C(=O)O)C=C1)c1ccccc1. The number of carboxylic acid groups (broad SMARTS) is 4. The van der Waals surface area contributed by atoms with Crippen LogP contribution in [0.3, 0.4) is 0 Å². The van der Waals surface area contributed by atoms with Crippen LogP contribution in [-0.4, -0.2) is 50.1 Å². The first-order valence-electron chi connectivity index (χ1n) is 7.06. The topological polar surface area (TPSA) is 166 Å². The molecule has 0 atom stereocenters. The number of rotatable bonds is 6. The van der Waals surface area contributed by atoms with Crippen LogP contribution in [0, 0.1) is 10.8 Å². The third kappa shape index (κ3) is 2.37. The van der Waals surface area contributed by atoms with E-state index in [1.807, 2.05) is 0 Å². The van der Waals surface area contributed by atoms with Crippen molar-refractivity contribution in [2.45, 2.75) is 0 Å². The van der Waals surface area contributed by atoms with Crippen molar-refractivity contribution in [3.8, 4) is 0 Å². The van der Waals surface area contributed by atoms with Gasteiger partial charge in [-0.05, 0) is 6.08 Å². The molecule has 2 rings (SSSR count). The largest absolute Gasteiger partial charge is 0.480 e. The van der Waals surface area contributed by atoms with Crippen LogP contribution < -0.4 is 0 Å². The zero-order valence-electron chi connectivity index (χ0n) is 12.9. The number of hydrogen-bond donors (Lipinski definition) is 4. The lowest BCUT2D eigenvalue weighted by Crippen LogP contribution is -2.60. The van der Waals surface area contributed by atoms with Crippen molar-refractivity contribution in [3.05, 3.63) is 59.7 Å². The summed E-state index contributed by atoms with van der Waals surface area (Å²) in [7, 11) is 0. The summed E-state index contributed by atoms with van der Waals surface area (Å²) in [6, 6.07) is 7.41. The molecule has 0 heterocycles. The van der Waals surface area contributed by atoms with E-state index < -0.39 is 46.1 Å². The van der Waals surface area contributed by atoms with Gasteiger partial charge in [-0.25, -0.2) is 0 Å². The van der Waals surface area contributed by atoms with Crippen molar-refractivity contribution in [1.29, 1.82) is 0 Å². The van der Waals surface area contributed by atoms with Crippen LogP contribution in [0.5, 0.6) is 0 Å². The van der Waals surface area contributed by atoms with E-state index in [4.69, 9.17) is 0 Å². The molecule has 134 valence electrons. The number of aliphatic carboxylic acids is 4. The lowest BCUT2D eigenvalue weighted by molar-refractivity contribution is -0.185. The zero-order valence-corrected chi connectivity index (χ0v) is 12.9. The summed E-state index contributed by atoms with van der Waals surface area (Å²) in [5.41, 5.74) is -7.10. The zero-order chi connectivity index (χ0) is 19.7. The normalized spacial score (nSPS) is 17.0. The quantitative estimate of drug-likeness (QED) is 0.421. The Morgan fingerprint density at radius 3 is 1.58 bits per heavy atom. The Kier molecular flexibility index (Phi) is 4.49. The van der Waals surface area contributed by atoms with Crippen molar-refractivity contribution in [1.82, 2.24) is 0 Å². The third-order valence-electron chi connectivity index (χ3n) is 4.15. The second-order valence-corrected chi connectivity index (χ2v) is 5.46. The second kappa shape index (κ2) is 6.28. The van der Waals surface area contributed by atoms with Gasteiger partial charge in [0.2, 0.25) is 10.8 Å². The Labute approximate surface area is 145 Å². The molecule has 0 fully saturated rings. The van der Waals surface area contributed by atoms with Crippen LogP contribution in [0.2, 0.25) is 0 Å². The van der Waals surface area contributed by atoms with Crippen molar-refractivity contribution in [3.63, 3.8) is 0 Å². The fourth-order valence-electron chi connectivity index (χ4n) is 2.76. The molecule has 0 aliphatic heterocycles. The van der Waals surface area contributed by atoms with E-state index in [9.17, 15) is 44.4 Å². The van der Waals surface area contributed by atoms with E-state index in [2.05, 4.69) is 0 Å². The summed E-state index contributed by atoms with van der Waals surface area (Å²) in [6.07, 6.45) is 1.59. The summed E-state index contributed by atoms with van der Waals surface area (Å²) in [6.45, 7) is 0. The highest BCUT2D eigenvalue weighted by atomic mass is 16.4. The second-order valence-electron chi connectivity index (χ2n) is 5.46. The molecule has 0 aromatic heterocycles. The summed E-state index contributed by atoms with van der Waals surface area (Å²) in [4.78, 5) is 59.2. The molecule has 1 aliphatic carbocycles. The molecule has 1 aliphatic rings. The Morgan fingerprint density at radius 2 is 1.15 bits per heavy atom. The van der Waals surface area contributed by atoms with Crippen LogP contribution in [-0.2, 0) is 19.2 Å². The molecule has 26 heavy (non-hydrogen) atoms. The van der Waals surface area contributed by atoms with Crippen LogP contribution in [0.25, 0.3) is 0 Å². The van der Waals surface area contributed by atoms with Crippen LogP contribution in [0.4, 0.5) is 0 Å². The van der Waals surface area contributed by atoms with Gasteiger partial charge in [0.15, 0.2) is 5.78 Å². The highest BCUT2D eigenvalue weighted by Crippen LogP contribution is 2.47. The van der Waals surface area contributed by atoms with Gasteiger partial charge in [0.25, 0.3) is 0 Å². The smallest absolute Gasteiger partial charge is 0.327 e. The minimum atomic E-state index is -3.42. The maximum absolute atomic E-state index is 12.5. The van der Waals surface area contributed by atoms with Crippen molar-refractivity contribution >= 4 is 29.7 Å². The highest BCUT2D eigenvalue weighted by molar-refractivity contribution is 6.19. The van der Waals surface area contributed by atoms with Gasteiger partial charge in [0.1, 0.15) is 0 Å². The van der Waals surface area contributed by atoms with Crippen molar-refractivity contribution < 1.29 is 44.4 Å². The molecule has 0 radical (unpaired) electrons. The number of Topliss-reactive ketones (excluding diaryl/α,β-unsaturated/α-hetero) is 1. The predicted molar refractivity (Wildman–Crippen MR) is 83.4 cm³/mol. The Hall–Kier alpha value is -3.75. The minimum absolute atomic E-state index is 0.0891. The lowest BCUT2D eigenvalue weighted by Gasteiger charge is -2.37. The fourth-order valence-corrected chi connectivity index (χ4v) is 2.76. The van der Waals surface area contributed by atoms with Gasteiger partial charge < -0.3 is 20.4 Å². The number of carboxylic acids is 4. The molecule has 1 aromatic rings. The molecule has 1 aromatic carbocycles. The average molecular weight is 360 g/mol. The Morgan fingerprint density at radius 1 is 0.692 bits per heavy atom. The monoisotopic (exact) mass is 360 g/mol. The van der Waals surface area contributed by atoms with Gasteiger partial charge in [0, 0.05) is 11.1 Å². The lowest BCUT2D eigenvalue weighted by atomic mass is 9.59. The maximum atomic E-state index is 12.5. The van der Waals surface area contributed by atoms with E-state index in [0.717, 1.165) is 6.08 Å². The maximum Gasteiger partial charge on any atom is 0.327 e. The van der Waals surface area contributed by atoms with E-state index in [-0.39, 0.29) is 5.56 Å². The van der Waals surface area contributed by atoms with Crippen molar-refractivity contribution in [2.24, 2.45) is 10.8 Å². The van der Waals surface area contributed by atoms with E-state index >= 15 is 0 Å². The van der Waals surface area contributed by atoms with Gasteiger partial charge in [-0.15, -0.1) is 0 Å². The summed E-state index contributed by atoms with van der Waals surface area (Å²) in [5.74, 6) is -9.60. The Balaban J connectivity index is 2.78. The minimum Gasteiger partial charge on any atom is -0.480 e. The average Bonchev–Trinajstić information content (AvgIpc) is 2.60. The summed E-state index contributed by atoms with van der Waals surface area (Å²) >= 11 is 0.